The normalized spacial score (nSPS) is 10.5. The molecule has 1 aromatic heterocycles. The smallest absolute Gasteiger partial charge is 0.346 e. The Morgan fingerprint density at radius 3 is 2.54 bits per heavy atom. The highest BCUT2D eigenvalue weighted by Gasteiger charge is 2.14. The van der Waals surface area contributed by atoms with E-state index in [-0.39, 0.29) is 16.4 Å². The number of alkyl halides is 1. The van der Waals surface area contributed by atoms with Gasteiger partial charge in [0.2, 0.25) is 0 Å². The first-order valence-electron chi connectivity index (χ1n) is 7.66. The average Bonchev–Trinajstić information content (AvgIpc) is 2.64. The van der Waals surface area contributed by atoms with E-state index in [1.165, 1.54) is 6.07 Å². The molecule has 0 saturated heterocycles. The molecule has 0 radical (unpaired) electrons. The summed E-state index contributed by atoms with van der Waals surface area (Å²) in [5.41, 5.74) is 0.492. The summed E-state index contributed by atoms with van der Waals surface area (Å²) in [6, 6.07) is 13.4. The minimum atomic E-state index is -0.596. The molecule has 0 atom stereocenters. The molecule has 0 aliphatic carbocycles. The summed E-state index contributed by atoms with van der Waals surface area (Å²) < 4.78 is 10.4. The molecule has 0 aliphatic heterocycles. The third kappa shape index (κ3) is 4.17. The Balaban J connectivity index is 1.84. The molecule has 0 spiro atoms. The van der Waals surface area contributed by atoms with E-state index in [1.807, 2.05) is 18.2 Å². The van der Waals surface area contributed by atoms with E-state index < -0.39 is 11.7 Å². The monoisotopic (exact) mass is 436 g/mol. The molecule has 26 heavy (non-hydrogen) atoms. The molecule has 0 saturated carbocycles. The minimum Gasteiger partial charge on any atom is -0.463 e. The van der Waals surface area contributed by atoms with Crippen molar-refractivity contribution >= 4 is 55.7 Å². The fourth-order valence-corrected chi connectivity index (χ4v) is 2.74. The molecule has 2 N–H and O–H groups in total. The number of hydrogen-bond donors (Lipinski definition) is 2. The number of carbonyl (C=O) groups excluding carboxylic acids is 1. The Labute approximate surface area is 162 Å². The SMILES string of the molecule is O=C(Nc1ccccc1)Nc1ccc2c(Cl)c(OCCBr)oc(=O)c2c1. The van der Waals surface area contributed by atoms with Gasteiger partial charge in [-0.25, -0.2) is 9.59 Å². The zero-order valence-electron chi connectivity index (χ0n) is 13.4. The third-order valence-corrected chi connectivity index (χ3v) is 4.12. The first-order valence-corrected chi connectivity index (χ1v) is 9.16. The number of urea groups is 1. The number of amides is 2. The van der Waals surface area contributed by atoms with E-state index in [4.69, 9.17) is 20.8 Å². The molecule has 0 bridgehead atoms. The number of fused-ring (bicyclic) bond motifs is 1. The van der Waals surface area contributed by atoms with E-state index in [0.29, 0.717) is 28.7 Å². The maximum absolute atomic E-state index is 12.2. The number of hydrogen-bond acceptors (Lipinski definition) is 4. The van der Waals surface area contributed by atoms with Gasteiger partial charge in [-0.05, 0) is 24.3 Å². The third-order valence-electron chi connectivity index (χ3n) is 3.44. The van der Waals surface area contributed by atoms with Crippen molar-refractivity contribution in [3.05, 3.63) is 64.0 Å². The number of benzene rings is 2. The van der Waals surface area contributed by atoms with Crippen molar-refractivity contribution in [1.82, 2.24) is 0 Å². The van der Waals surface area contributed by atoms with Gasteiger partial charge in [-0.15, -0.1) is 0 Å². The van der Waals surface area contributed by atoms with Gasteiger partial charge in [0.05, 0.1) is 5.39 Å². The Kier molecular flexibility index (Phi) is 5.80. The van der Waals surface area contributed by atoms with E-state index in [0.717, 1.165) is 0 Å². The van der Waals surface area contributed by atoms with Crippen LogP contribution in [0, 0.1) is 0 Å². The summed E-state index contributed by atoms with van der Waals surface area (Å²) in [7, 11) is 0. The Morgan fingerprint density at radius 2 is 1.81 bits per heavy atom. The second-order valence-corrected chi connectivity index (χ2v) is 6.40. The number of para-hydroxylation sites is 1. The lowest BCUT2D eigenvalue weighted by Gasteiger charge is -2.10. The van der Waals surface area contributed by atoms with Crippen molar-refractivity contribution in [2.45, 2.75) is 0 Å². The van der Waals surface area contributed by atoms with Crippen molar-refractivity contribution in [2.24, 2.45) is 0 Å². The topological polar surface area (TPSA) is 80.6 Å². The number of halogens is 2. The van der Waals surface area contributed by atoms with Crippen molar-refractivity contribution < 1.29 is 13.9 Å². The molecule has 134 valence electrons. The lowest BCUT2D eigenvalue weighted by Crippen LogP contribution is -2.19. The predicted molar refractivity (Wildman–Crippen MR) is 106 cm³/mol. The predicted octanol–water partition coefficient (Wildman–Crippen LogP) is 4.86. The van der Waals surface area contributed by atoms with Crippen LogP contribution in [0.3, 0.4) is 0 Å². The van der Waals surface area contributed by atoms with Gasteiger partial charge in [-0.2, -0.15) is 0 Å². The molecule has 3 rings (SSSR count). The van der Waals surface area contributed by atoms with Crippen LogP contribution in [-0.4, -0.2) is 18.0 Å². The largest absolute Gasteiger partial charge is 0.463 e. The molecule has 2 aromatic carbocycles. The summed E-state index contributed by atoms with van der Waals surface area (Å²) in [5, 5.41) is 6.88. The lowest BCUT2D eigenvalue weighted by atomic mass is 10.1. The molecule has 8 heteroatoms. The Hall–Kier alpha value is -2.51. The van der Waals surface area contributed by atoms with Gasteiger partial charge in [0, 0.05) is 22.1 Å². The van der Waals surface area contributed by atoms with Gasteiger partial charge in [-0.3, -0.25) is 0 Å². The van der Waals surface area contributed by atoms with Crippen LogP contribution in [0.5, 0.6) is 5.95 Å². The Bertz CT molecular complexity index is 992. The second-order valence-electron chi connectivity index (χ2n) is 5.23. The van der Waals surface area contributed by atoms with Gasteiger partial charge >= 0.3 is 17.6 Å². The summed E-state index contributed by atoms with van der Waals surface area (Å²) in [4.78, 5) is 24.3. The zero-order chi connectivity index (χ0) is 18.5. The van der Waals surface area contributed by atoms with Gasteiger partial charge in [0.25, 0.3) is 0 Å². The molecule has 2 amide bonds. The van der Waals surface area contributed by atoms with Crippen LogP contribution in [0.4, 0.5) is 16.2 Å². The summed E-state index contributed by atoms with van der Waals surface area (Å²) >= 11 is 9.46. The highest BCUT2D eigenvalue weighted by molar-refractivity contribution is 9.09. The first-order chi connectivity index (χ1) is 12.6. The second kappa shape index (κ2) is 8.25. The zero-order valence-corrected chi connectivity index (χ0v) is 15.8. The van der Waals surface area contributed by atoms with Crippen LogP contribution < -0.4 is 21.0 Å². The quantitative estimate of drug-likeness (QED) is 0.558. The van der Waals surface area contributed by atoms with Crippen LogP contribution in [0.15, 0.2) is 57.7 Å². The molecule has 0 fully saturated rings. The van der Waals surface area contributed by atoms with Crippen molar-refractivity contribution in [3.63, 3.8) is 0 Å². The van der Waals surface area contributed by atoms with Crippen molar-refractivity contribution in [2.75, 3.05) is 22.6 Å². The summed E-state index contributed by atoms with van der Waals surface area (Å²) in [6.07, 6.45) is 0. The highest BCUT2D eigenvalue weighted by atomic mass is 79.9. The molecule has 1 heterocycles. The van der Waals surface area contributed by atoms with Crippen LogP contribution >= 0.6 is 27.5 Å². The highest BCUT2D eigenvalue weighted by Crippen LogP contribution is 2.31. The molecular weight excluding hydrogens is 424 g/mol. The average molecular weight is 438 g/mol. The first kappa shape index (κ1) is 18.3. The van der Waals surface area contributed by atoms with E-state index >= 15 is 0 Å². The molecular formula is C18H14BrClN2O4. The number of nitrogens with one attached hydrogen (secondary N) is 2. The van der Waals surface area contributed by atoms with E-state index in [9.17, 15) is 9.59 Å². The molecule has 3 aromatic rings. The van der Waals surface area contributed by atoms with Crippen LogP contribution in [0.1, 0.15) is 0 Å². The molecule has 0 aliphatic rings. The standard InChI is InChI=1S/C18H14BrClN2O4/c19-8-9-25-17-15(20)13-7-6-12(10-14(13)16(23)26-17)22-18(24)21-11-4-2-1-3-5-11/h1-7,10H,8-9H2,(H2,21,22,24). The van der Waals surface area contributed by atoms with Gasteiger partial charge in [0.1, 0.15) is 11.6 Å². The van der Waals surface area contributed by atoms with Crippen molar-refractivity contribution in [3.8, 4) is 5.95 Å². The maximum Gasteiger partial charge on any atom is 0.346 e. The van der Waals surface area contributed by atoms with Crippen LogP contribution in [-0.2, 0) is 0 Å². The number of anilines is 2. The minimum absolute atomic E-state index is 0.0221. The van der Waals surface area contributed by atoms with Gasteiger partial charge in [-0.1, -0.05) is 51.8 Å². The van der Waals surface area contributed by atoms with Crippen LogP contribution in [0.25, 0.3) is 10.8 Å². The van der Waals surface area contributed by atoms with E-state index in [1.54, 1.807) is 24.3 Å². The summed E-state index contributed by atoms with van der Waals surface area (Å²) in [6.45, 7) is 0.313. The fraction of sp³-hybridized carbons (Fsp3) is 0.111. The fourth-order valence-electron chi connectivity index (χ4n) is 2.32. The maximum atomic E-state index is 12.2. The number of rotatable bonds is 5. The van der Waals surface area contributed by atoms with Gasteiger partial charge < -0.3 is 19.8 Å². The Morgan fingerprint density at radius 1 is 1.08 bits per heavy atom. The van der Waals surface area contributed by atoms with Crippen molar-refractivity contribution in [1.29, 1.82) is 0 Å². The lowest BCUT2D eigenvalue weighted by molar-refractivity contribution is 0.249. The van der Waals surface area contributed by atoms with E-state index in [2.05, 4.69) is 26.6 Å². The molecule has 6 nitrogen and oxygen atoms in total. The van der Waals surface area contributed by atoms with Crippen LogP contribution in [0.2, 0.25) is 5.02 Å². The number of carbonyl (C=O) groups is 1. The summed E-state index contributed by atoms with van der Waals surface area (Å²) in [5.74, 6) is -0.0221. The molecule has 0 unspecified atom stereocenters. The number of ether oxygens (including phenoxy) is 1. The van der Waals surface area contributed by atoms with Gasteiger partial charge in [0.15, 0.2) is 0 Å².